The summed E-state index contributed by atoms with van der Waals surface area (Å²) < 4.78 is 28.0. The molecule has 0 spiro atoms. The van der Waals surface area contributed by atoms with Crippen LogP contribution in [0, 0.1) is 0 Å². The van der Waals surface area contributed by atoms with Crippen molar-refractivity contribution in [1.82, 2.24) is 0 Å². The third-order valence-electron chi connectivity index (χ3n) is 7.39. The molecule has 0 bridgehead atoms. The SMILES string of the molecule is CC1OC(OC2C(O)C(OCCc3cc(O)c(O)cc3O)OC(CO)C2OC(=O)C=Cc2ccc(O)c(O)c2)C(O)C(O)C1O. The predicted molar refractivity (Wildman–Crippen MR) is 149 cm³/mol. The molecule has 4 rings (SSSR count). The fraction of sp³-hybridized carbons (Fsp3) is 0.483. The number of hydrogen-bond acceptors (Lipinski definition) is 16. The largest absolute Gasteiger partial charge is 0.508 e. The molecule has 0 amide bonds. The number of aliphatic hydroxyl groups is 5. The fourth-order valence-corrected chi connectivity index (χ4v) is 4.83. The normalized spacial score (nSPS) is 32.0. The molecule has 16 nitrogen and oxygen atoms in total. The molecule has 2 aromatic carbocycles. The number of benzene rings is 2. The third kappa shape index (κ3) is 7.93. The molecule has 0 radical (unpaired) electrons. The zero-order chi connectivity index (χ0) is 33.0. The molecular weight excluding hydrogens is 604 g/mol. The van der Waals surface area contributed by atoms with Crippen LogP contribution in [0.4, 0.5) is 0 Å². The summed E-state index contributed by atoms with van der Waals surface area (Å²) in [6.45, 7) is 0.388. The molecule has 2 fully saturated rings. The van der Waals surface area contributed by atoms with E-state index >= 15 is 0 Å². The highest BCUT2D eigenvalue weighted by Crippen LogP contribution is 2.34. The van der Waals surface area contributed by atoms with Crippen LogP contribution in [-0.2, 0) is 34.9 Å². The van der Waals surface area contributed by atoms with E-state index in [9.17, 15) is 55.9 Å². The molecule has 2 heterocycles. The molecule has 2 aromatic rings. The number of ether oxygens (including phenoxy) is 5. The van der Waals surface area contributed by atoms with Gasteiger partial charge in [-0.25, -0.2) is 4.79 Å². The summed E-state index contributed by atoms with van der Waals surface area (Å²) in [5, 5.41) is 101. The van der Waals surface area contributed by atoms with E-state index in [0.29, 0.717) is 5.56 Å². The summed E-state index contributed by atoms with van der Waals surface area (Å²) in [4.78, 5) is 12.8. The minimum absolute atomic E-state index is 0.0381. The molecule has 2 aliphatic heterocycles. The molecule has 2 saturated heterocycles. The van der Waals surface area contributed by atoms with Crippen LogP contribution in [0.3, 0.4) is 0 Å². The van der Waals surface area contributed by atoms with Gasteiger partial charge < -0.3 is 74.7 Å². The van der Waals surface area contributed by atoms with E-state index in [2.05, 4.69) is 0 Å². The quantitative estimate of drug-likeness (QED) is 0.0625. The van der Waals surface area contributed by atoms with Crippen molar-refractivity contribution in [3.05, 3.63) is 47.5 Å². The Bertz CT molecular complexity index is 1350. The highest BCUT2D eigenvalue weighted by Gasteiger charge is 2.52. The number of carbonyl (C=O) groups is 1. The van der Waals surface area contributed by atoms with Crippen LogP contribution >= 0.6 is 0 Å². The van der Waals surface area contributed by atoms with Gasteiger partial charge in [-0.1, -0.05) is 6.07 Å². The molecule has 16 heteroatoms. The highest BCUT2D eigenvalue weighted by atomic mass is 16.7. The summed E-state index contributed by atoms with van der Waals surface area (Å²) >= 11 is 0. The van der Waals surface area contributed by atoms with Gasteiger partial charge in [0, 0.05) is 17.7 Å². The lowest BCUT2D eigenvalue weighted by Gasteiger charge is -2.46. The zero-order valence-electron chi connectivity index (χ0n) is 23.9. The lowest BCUT2D eigenvalue weighted by molar-refractivity contribution is -0.357. The molecule has 10 unspecified atom stereocenters. The van der Waals surface area contributed by atoms with Crippen molar-refractivity contribution in [2.75, 3.05) is 13.2 Å². The summed E-state index contributed by atoms with van der Waals surface area (Å²) in [5.41, 5.74) is 0.498. The Labute approximate surface area is 256 Å². The number of esters is 1. The van der Waals surface area contributed by atoms with Gasteiger partial charge in [-0.2, -0.15) is 0 Å². The number of phenolic OH excluding ortho intramolecular Hbond substituents is 5. The van der Waals surface area contributed by atoms with E-state index in [4.69, 9.17) is 23.7 Å². The average Bonchev–Trinajstić information content (AvgIpc) is 3.00. The van der Waals surface area contributed by atoms with Crippen molar-refractivity contribution in [3.63, 3.8) is 0 Å². The standard InChI is InChI=1S/C29H36O16/c1-12-22(37)23(38)24(39)29(42-12)45-27-25(40)28(41-7-6-14-9-18(34)19(35)10-16(14)32)43-20(11-30)26(27)44-21(36)5-3-13-2-4-15(31)17(33)8-13/h2-5,8-10,12,20,22-35,37-40H,6-7,11H2,1H3. The first-order valence-corrected chi connectivity index (χ1v) is 13.9. The molecule has 2 aliphatic rings. The molecule has 10 N–H and O–H groups in total. The smallest absolute Gasteiger partial charge is 0.331 e. The van der Waals surface area contributed by atoms with E-state index in [1.165, 1.54) is 31.2 Å². The van der Waals surface area contributed by atoms with Crippen LogP contribution in [-0.4, -0.2) is 132 Å². The average molecular weight is 641 g/mol. The Kier molecular flexibility index (Phi) is 11.1. The van der Waals surface area contributed by atoms with Gasteiger partial charge in [-0.3, -0.25) is 0 Å². The van der Waals surface area contributed by atoms with E-state index in [-0.39, 0.29) is 30.1 Å². The number of carbonyl (C=O) groups excluding carboxylic acids is 1. The Hall–Kier alpha value is -3.71. The molecule has 45 heavy (non-hydrogen) atoms. The summed E-state index contributed by atoms with van der Waals surface area (Å²) in [6.07, 6.45) is -13.3. The van der Waals surface area contributed by atoms with Gasteiger partial charge in [0.1, 0.15) is 42.4 Å². The lowest BCUT2D eigenvalue weighted by atomic mass is 9.97. The number of hydrogen-bond donors (Lipinski definition) is 10. The van der Waals surface area contributed by atoms with Crippen LogP contribution in [0.1, 0.15) is 18.1 Å². The first kappa shape index (κ1) is 34.2. The Balaban J connectivity index is 1.53. The Morgan fingerprint density at radius 2 is 1.49 bits per heavy atom. The van der Waals surface area contributed by atoms with E-state index in [1.807, 2.05) is 0 Å². The van der Waals surface area contributed by atoms with Gasteiger partial charge in [0.25, 0.3) is 0 Å². The van der Waals surface area contributed by atoms with Gasteiger partial charge in [0.15, 0.2) is 41.7 Å². The number of aliphatic hydroxyl groups excluding tert-OH is 5. The second-order valence-electron chi connectivity index (χ2n) is 10.6. The minimum atomic E-state index is -1.80. The Morgan fingerprint density at radius 1 is 0.800 bits per heavy atom. The van der Waals surface area contributed by atoms with Crippen molar-refractivity contribution < 1.29 is 79.5 Å². The van der Waals surface area contributed by atoms with Gasteiger partial charge in [-0.15, -0.1) is 0 Å². The van der Waals surface area contributed by atoms with Gasteiger partial charge in [0.2, 0.25) is 0 Å². The van der Waals surface area contributed by atoms with Gasteiger partial charge in [0.05, 0.1) is 19.3 Å². The number of aromatic hydroxyl groups is 5. The maximum atomic E-state index is 12.8. The molecule has 0 aromatic heterocycles. The van der Waals surface area contributed by atoms with Crippen LogP contribution in [0.5, 0.6) is 28.7 Å². The summed E-state index contributed by atoms with van der Waals surface area (Å²) in [6, 6.07) is 5.82. The molecule has 0 saturated carbocycles. The molecular formula is C29H36O16. The second-order valence-corrected chi connectivity index (χ2v) is 10.6. The number of rotatable bonds is 10. The second kappa shape index (κ2) is 14.6. The van der Waals surface area contributed by atoms with Gasteiger partial charge >= 0.3 is 5.97 Å². The first-order valence-electron chi connectivity index (χ1n) is 13.9. The maximum Gasteiger partial charge on any atom is 0.331 e. The van der Waals surface area contributed by atoms with Crippen molar-refractivity contribution in [2.45, 2.75) is 74.8 Å². The topological polar surface area (TPSA) is 266 Å². The highest BCUT2D eigenvalue weighted by molar-refractivity contribution is 5.87. The van der Waals surface area contributed by atoms with Crippen LogP contribution in [0.15, 0.2) is 36.4 Å². The van der Waals surface area contributed by atoms with Crippen molar-refractivity contribution >= 4 is 12.0 Å². The maximum absolute atomic E-state index is 12.8. The van der Waals surface area contributed by atoms with Crippen molar-refractivity contribution in [3.8, 4) is 28.7 Å². The number of phenols is 5. The van der Waals surface area contributed by atoms with E-state index in [1.54, 1.807) is 0 Å². The van der Waals surface area contributed by atoms with Crippen LogP contribution in [0.2, 0.25) is 0 Å². The van der Waals surface area contributed by atoms with Crippen molar-refractivity contribution in [2.24, 2.45) is 0 Å². The minimum Gasteiger partial charge on any atom is -0.508 e. The summed E-state index contributed by atoms with van der Waals surface area (Å²) in [7, 11) is 0. The van der Waals surface area contributed by atoms with E-state index < -0.39 is 91.2 Å². The zero-order valence-corrected chi connectivity index (χ0v) is 23.9. The van der Waals surface area contributed by atoms with Crippen molar-refractivity contribution in [1.29, 1.82) is 0 Å². The van der Waals surface area contributed by atoms with E-state index in [0.717, 1.165) is 18.2 Å². The van der Waals surface area contributed by atoms with Gasteiger partial charge in [-0.05, 0) is 43.2 Å². The first-order chi connectivity index (χ1) is 21.3. The lowest BCUT2D eigenvalue weighted by Crippen LogP contribution is -2.65. The monoisotopic (exact) mass is 640 g/mol. The molecule has 10 atom stereocenters. The molecule has 248 valence electrons. The Morgan fingerprint density at radius 3 is 2.18 bits per heavy atom. The van der Waals surface area contributed by atoms with Crippen LogP contribution < -0.4 is 0 Å². The molecule has 0 aliphatic carbocycles. The predicted octanol–water partition coefficient (Wildman–Crippen LogP) is -1.31. The summed E-state index contributed by atoms with van der Waals surface area (Å²) in [5.74, 6) is -3.17. The fourth-order valence-electron chi connectivity index (χ4n) is 4.83. The third-order valence-corrected chi connectivity index (χ3v) is 7.39. The van der Waals surface area contributed by atoms with Crippen LogP contribution in [0.25, 0.3) is 6.08 Å².